The number of hydrogen-bond donors (Lipinski definition) is 2. The summed E-state index contributed by atoms with van der Waals surface area (Å²) >= 11 is 0. The number of non-ortho nitro benzene ring substituents is 1. The van der Waals surface area contributed by atoms with Gasteiger partial charge >= 0.3 is 0 Å². The summed E-state index contributed by atoms with van der Waals surface area (Å²) in [6, 6.07) is 7.28. The Hall–Kier alpha value is -3.09. The molecule has 0 aromatic heterocycles. The molecule has 120 valence electrons. The van der Waals surface area contributed by atoms with Gasteiger partial charge in [0, 0.05) is 17.8 Å². The normalized spacial score (nSPS) is 10.9. The zero-order valence-electron chi connectivity index (χ0n) is 12.7. The molecular formula is C16H16N2O5. The highest BCUT2D eigenvalue weighted by molar-refractivity contribution is 5.88. The van der Waals surface area contributed by atoms with Crippen molar-refractivity contribution >= 4 is 17.6 Å². The van der Waals surface area contributed by atoms with Crippen LogP contribution >= 0.6 is 0 Å². The Bertz CT molecular complexity index is 751. The lowest BCUT2D eigenvalue weighted by Gasteiger charge is -2.08. The van der Waals surface area contributed by atoms with Gasteiger partial charge in [0.25, 0.3) is 5.69 Å². The van der Waals surface area contributed by atoms with Crippen LogP contribution in [0.15, 0.2) is 35.3 Å². The molecule has 0 spiro atoms. The van der Waals surface area contributed by atoms with E-state index in [0.29, 0.717) is 5.69 Å². The molecule has 23 heavy (non-hydrogen) atoms. The number of aryl methyl sites for hydroxylation is 1. The smallest absolute Gasteiger partial charge is 0.274 e. The lowest BCUT2D eigenvalue weighted by Crippen LogP contribution is -1.97. The van der Waals surface area contributed by atoms with Crippen LogP contribution in [0.4, 0.5) is 11.4 Å². The molecule has 2 aromatic rings. The molecule has 0 unspecified atom stereocenters. The largest absolute Gasteiger partial charge is 0.506 e. The van der Waals surface area contributed by atoms with E-state index in [0.717, 1.165) is 11.6 Å². The Labute approximate surface area is 132 Å². The van der Waals surface area contributed by atoms with Crippen molar-refractivity contribution in [2.24, 2.45) is 4.99 Å². The number of ether oxygens (including phenoxy) is 1. The number of hydrogen-bond acceptors (Lipinski definition) is 6. The van der Waals surface area contributed by atoms with E-state index in [4.69, 9.17) is 4.74 Å². The van der Waals surface area contributed by atoms with Crippen LogP contribution in [0.1, 0.15) is 18.1 Å². The Morgan fingerprint density at radius 2 is 2.09 bits per heavy atom. The summed E-state index contributed by atoms with van der Waals surface area (Å²) in [6.07, 6.45) is 1.26. The topological polar surface area (TPSA) is 105 Å². The van der Waals surface area contributed by atoms with Crippen LogP contribution in [0.2, 0.25) is 0 Å². The number of nitro benzene ring substituents is 1. The lowest BCUT2D eigenvalue weighted by molar-refractivity contribution is -0.385. The molecule has 2 N–H and O–H groups in total. The summed E-state index contributed by atoms with van der Waals surface area (Å²) in [5, 5.41) is 30.9. The first-order valence-corrected chi connectivity index (χ1v) is 6.91. The van der Waals surface area contributed by atoms with E-state index in [1.807, 2.05) is 0 Å². The summed E-state index contributed by atoms with van der Waals surface area (Å²) in [5.74, 6) is -0.248. The SMILES string of the molecule is CCOc1cc([N+](=O)[O-])cc(C=Nc2c(C)cccc2O)c1O. The van der Waals surface area contributed by atoms with Crippen LogP contribution in [-0.4, -0.2) is 28.0 Å². The Kier molecular flexibility index (Phi) is 4.80. The molecule has 0 aliphatic rings. The molecule has 0 saturated heterocycles. The number of nitrogens with zero attached hydrogens (tertiary/aromatic N) is 2. The standard InChI is InChI=1S/C16H16N2O5/c1-3-23-14-8-12(18(21)22)7-11(16(14)20)9-17-15-10(2)5-4-6-13(15)19/h4-9,19-20H,3H2,1-2H3. The van der Waals surface area contributed by atoms with Crippen LogP contribution in [-0.2, 0) is 0 Å². The van der Waals surface area contributed by atoms with Crippen molar-refractivity contribution in [1.82, 2.24) is 0 Å². The second-order valence-electron chi connectivity index (χ2n) is 4.77. The molecule has 7 nitrogen and oxygen atoms in total. The number of phenolic OH excluding ortho intramolecular Hbond substituents is 2. The second kappa shape index (κ2) is 6.78. The minimum atomic E-state index is -0.579. The van der Waals surface area contributed by atoms with Gasteiger partial charge in [0.1, 0.15) is 11.4 Å². The molecule has 2 rings (SSSR count). The zero-order chi connectivity index (χ0) is 17.0. The van der Waals surface area contributed by atoms with Gasteiger partial charge < -0.3 is 14.9 Å². The number of rotatable bonds is 5. The Balaban J connectivity index is 2.50. The number of para-hydroxylation sites is 1. The summed E-state index contributed by atoms with van der Waals surface area (Å²) in [5.41, 5.74) is 0.972. The monoisotopic (exact) mass is 316 g/mol. The molecule has 0 amide bonds. The van der Waals surface area contributed by atoms with E-state index in [2.05, 4.69) is 4.99 Å². The van der Waals surface area contributed by atoms with Crippen molar-refractivity contribution in [2.45, 2.75) is 13.8 Å². The average molecular weight is 316 g/mol. The molecule has 0 atom stereocenters. The van der Waals surface area contributed by atoms with Crippen molar-refractivity contribution in [3.8, 4) is 17.2 Å². The maximum Gasteiger partial charge on any atom is 0.274 e. The van der Waals surface area contributed by atoms with Gasteiger partial charge in [0.05, 0.1) is 17.6 Å². The first-order valence-electron chi connectivity index (χ1n) is 6.91. The summed E-state index contributed by atoms with van der Waals surface area (Å²) in [6.45, 7) is 3.73. The van der Waals surface area contributed by atoms with Crippen molar-refractivity contribution in [2.75, 3.05) is 6.61 Å². The van der Waals surface area contributed by atoms with Gasteiger partial charge in [-0.05, 0) is 25.5 Å². The van der Waals surface area contributed by atoms with E-state index in [9.17, 15) is 20.3 Å². The minimum Gasteiger partial charge on any atom is -0.506 e. The molecule has 0 fully saturated rings. The quantitative estimate of drug-likeness (QED) is 0.499. The number of nitro groups is 1. The first kappa shape index (κ1) is 16.3. The molecular weight excluding hydrogens is 300 g/mol. The third kappa shape index (κ3) is 3.57. The fourth-order valence-electron chi connectivity index (χ4n) is 2.03. The maximum atomic E-state index is 11.0. The first-order chi connectivity index (χ1) is 10.9. The van der Waals surface area contributed by atoms with Crippen LogP contribution in [0, 0.1) is 17.0 Å². The third-order valence-electron chi connectivity index (χ3n) is 3.15. The van der Waals surface area contributed by atoms with Gasteiger partial charge in [-0.25, -0.2) is 0 Å². The maximum absolute atomic E-state index is 11.0. The van der Waals surface area contributed by atoms with Gasteiger partial charge in [-0.2, -0.15) is 0 Å². The molecule has 0 saturated carbocycles. The Morgan fingerprint density at radius 3 is 2.70 bits per heavy atom. The van der Waals surface area contributed by atoms with Crippen LogP contribution in [0.5, 0.6) is 17.2 Å². The van der Waals surface area contributed by atoms with Crippen molar-refractivity contribution < 1.29 is 19.9 Å². The average Bonchev–Trinajstić information content (AvgIpc) is 2.50. The van der Waals surface area contributed by atoms with Crippen LogP contribution in [0.3, 0.4) is 0 Å². The number of phenols is 2. The molecule has 7 heteroatoms. The summed E-state index contributed by atoms with van der Waals surface area (Å²) in [4.78, 5) is 14.5. The molecule has 0 bridgehead atoms. The highest BCUT2D eigenvalue weighted by Gasteiger charge is 2.16. The summed E-state index contributed by atoms with van der Waals surface area (Å²) in [7, 11) is 0. The van der Waals surface area contributed by atoms with E-state index in [1.165, 1.54) is 18.3 Å². The van der Waals surface area contributed by atoms with E-state index in [-0.39, 0.29) is 35.1 Å². The van der Waals surface area contributed by atoms with Crippen molar-refractivity contribution in [1.29, 1.82) is 0 Å². The van der Waals surface area contributed by atoms with E-state index >= 15 is 0 Å². The van der Waals surface area contributed by atoms with Crippen molar-refractivity contribution in [3.05, 3.63) is 51.6 Å². The predicted molar refractivity (Wildman–Crippen MR) is 86.0 cm³/mol. The minimum absolute atomic E-state index is 0.0113. The van der Waals surface area contributed by atoms with Gasteiger partial charge in [-0.1, -0.05) is 12.1 Å². The fraction of sp³-hybridized carbons (Fsp3) is 0.188. The van der Waals surface area contributed by atoms with Crippen LogP contribution < -0.4 is 4.74 Å². The lowest BCUT2D eigenvalue weighted by atomic mass is 10.1. The zero-order valence-corrected chi connectivity index (χ0v) is 12.7. The second-order valence-corrected chi connectivity index (χ2v) is 4.77. The van der Waals surface area contributed by atoms with E-state index in [1.54, 1.807) is 26.0 Å². The Morgan fingerprint density at radius 1 is 1.35 bits per heavy atom. The molecule has 2 aromatic carbocycles. The van der Waals surface area contributed by atoms with Gasteiger partial charge in [-0.3, -0.25) is 15.1 Å². The van der Waals surface area contributed by atoms with Gasteiger partial charge in [0.15, 0.2) is 11.5 Å². The molecule has 0 heterocycles. The third-order valence-corrected chi connectivity index (χ3v) is 3.15. The fourth-order valence-corrected chi connectivity index (χ4v) is 2.03. The number of aromatic hydroxyl groups is 2. The van der Waals surface area contributed by atoms with Crippen LogP contribution in [0.25, 0.3) is 0 Å². The predicted octanol–water partition coefficient (Wildman–Crippen LogP) is 3.46. The summed E-state index contributed by atoms with van der Waals surface area (Å²) < 4.78 is 5.20. The molecule has 0 aliphatic carbocycles. The molecule has 0 radical (unpaired) electrons. The highest BCUT2D eigenvalue weighted by atomic mass is 16.6. The highest BCUT2D eigenvalue weighted by Crippen LogP contribution is 2.35. The molecule has 0 aliphatic heterocycles. The number of aliphatic imine (C=N–C) groups is 1. The van der Waals surface area contributed by atoms with E-state index < -0.39 is 4.92 Å². The number of benzene rings is 2. The van der Waals surface area contributed by atoms with Gasteiger partial charge in [-0.15, -0.1) is 0 Å². The van der Waals surface area contributed by atoms with Crippen molar-refractivity contribution in [3.63, 3.8) is 0 Å². The van der Waals surface area contributed by atoms with Gasteiger partial charge in [0.2, 0.25) is 0 Å².